The third-order valence-corrected chi connectivity index (χ3v) is 7.71. The van der Waals surface area contributed by atoms with E-state index < -0.39 is 5.54 Å². The van der Waals surface area contributed by atoms with Crippen LogP contribution in [-0.2, 0) is 5.54 Å². The molecule has 2 heterocycles. The second-order valence-electron chi connectivity index (χ2n) is 10.4. The minimum Gasteiger partial charge on any atom is -0.251 e. The highest BCUT2D eigenvalue weighted by Crippen LogP contribution is 2.36. The van der Waals surface area contributed by atoms with E-state index in [1.807, 2.05) is 48.5 Å². The molecule has 0 N–H and O–H groups in total. The van der Waals surface area contributed by atoms with Gasteiger partial charge in [-0.25, -0.2) is 15.0 Å². The summed E-state index contributed by atoms with van der Waals surface area (Å²) in [6, 6.07) is 49.5. The van der Waals surface area contributed by atoms with Crippen LogP contribution >= 0.6 is 0 Å². The van der Waals surface area contributed by atoms with Crippen molar-refractivity contribution in [1.82, 2.24) is 0 Å². The zero-order chi connectivity index (χ0) is 27.6. The Morgan fingerprint density at radius 2 is 1.00 bits per heavy atom. The number of hydrogen-bond donors (Lipinski definition) is 0. The Balaban J connectivity index is 1.25. The highest BCUT2D eigenvalue weighted by Gasteiger charge is 2.38. The van der Waals surface area contributed by atoms with Crippen LogP contribution in [0.1, 0.15) is 46.3 Å². The minimum absolute atomic E-state index is 0.142. The monoisotopic (exact) mass is 528 g/mol. The van der Waals surface area contributed by atoms with E-state index in [-0.39, 0.29) is 6.04 Å². The number of rotatable bonds is 6. The van der Waals surface area contributed by atoms with Gasteiger partial charge in [0.25, 0.3) is 0 Å². The second-order valence-corrected chi connectivity index (χ2v) is 10.4. The highest BCUT2D eigenvalue weighted by molar-refractivity contribution is 6.21. The fourth-order valence-electron chi connectivity index (χ4n) is 5.53. The molecule has 0 aromatic heterocycles. The van der Waals surface area contributed by atoms with E-state index >= 15 is 0 Å². The van der Waals surface area contributed by atoms with Gasteiger partial charge in [0.05, 0.1) is 11.4 Å². The van der Waals surface area contributed by atoms with Gasteiger partial charge in [-0.15, -0.1) is 0 Å². The SMILES string of the molecule is CC1(c2ccccc2)N=C(c2ccc(C3=NC(c4ccccc4)C(c4ccccc4)=N3)cc2)N=C1c1ccccc1. The van der Waals surface area contributed by atoms with Crippen LogP contribution in [0.3, 0.4) is 0 Å². The fraction of sp³-hybridized carbons (Fsp3) is 0.0811. The first kappa shape index (κ1) is 24.8. The smallest absolute Gasteiger partial charge is 0.156 e. The first-order valence-electron chi connectivity index (χ1n) is 13.9. The lowest BCUT2D eigenvalue weighted by atomic mass is 9.84. The van der Waals surface area contributed by atoms with Crippen molar-refractivity contribution >= 4 is 23.1 Å². The van der Waals surface area contributed by atoms with E-state index in [2.05, 4.69) is 104 Å². The molecule has 0 saturated carbocycles. The quantitative estimate of drug-likeness (QED) is 0.216. The van der Waals surface area contributed by atoms with E-state index in [0.29, 0.717) is 0 Å². The molecule has 41 heavy (non-hydrogen) atoms. The van der Waals surface area contributed by atoms with E-state index in [9.17, 15) is 0 Å². The third kappa shape index (κ3) is 4.64. The van der Waals surface area contributed by atoms with Crippen molar-refractivity contribution in [2.45, 2.75) is 18.5 Å². The maximum Gasteiger partial charge on any atom is 0.156 e. The van der Waals surface area contributed by atoms with Gasteiger partial charge in [-0.2, -0.15) is 0 Å². The van der Waals surface area contributed by atoms with Crippen LogP contribution in [0.25, 0.3) is 0 Å². The third-order valence-electron chi connectivity index (χ3n) is 7.71. The Morgan fingerprint density at radius 1 is 0.488 bits per heavy atom. The Morgan fingerprint density at radius 3 is 1.61 bits per heavy atom. The molecule has 2 unspecified atom stereocenters. The van der Waals surface area contributed by atoms with Gasteiger partial charge >= 0.3 is 0 Å². The van der Waals surface area contributed by atoms with Crippen molar-refractivity contribution in [3.8, 4) is 0 Å². The topological polar surface area (TPSA) is 49.4 Å². The summed E-state index contributed by atoms with van der Waals surface area (Å²) in [4.78, 5) is 20.4. The van der Waals surface area contributed by atoms with Crippen LogP contribution in [0.2, 0.25) is 0 Å². The zero-order valence-electron chi connectivity index (χ0n) is 22.7. The number of benzene rings is 5. The average molecular weight is 529 g/mol. The Kier molecular flexibility index (Phi) is 6.29. The lowest BCUT2D eigenvalue weighted by Crippen LogP contribution is -2.28. The molecule has 2 atom stereocenters. The van der Waals surface area contributed by atoms with Gasteiger partial charge in [-0.3, -0.25) is 4.99 Å². The largest absolute Gasteiger partial charge is 0.251 e. The number of nitrogens with zero attached hydrogens (tertiary/aromatic N) is 4. The second kappa shape index (κ2) is 10.4. The first-order valence-corrected chi connectivity index (χ1v) is 13.9. The predicted molar refractivity (Wildman–Crippen MR) is 168 cm³/mol. The van der Waals surface area contributed by atoms with Crippen molar-refractivity contribution in [3.63, 3.8) is 0 Å². The summed E-state index contributed by atoms with van der Waals surface area (Å²) in [7, 11) is 0. The van der Waals surface area contributed by atoms with Gasteiger partial charge < -0.3 is 0 Å². The van der Waals surface area contributed by atoms with Gasteiger partial charge in [0.15, 0.2) is 11.7 Å². The van der Waals surface area contributed by atoms with E-state index in [4.69, 9.17) is 20.0 Å². The molecular weight excluding hydrogens is 500 g/mol. The van der Waals surface area contributed by atoms with Crippen LogP contribution in [0.4, 0.5) is 0 Å². The molecule has 196 valence electrons. The fourth-order valence-corrected chi connectivity index (χ4v) is 5.53. The molecule has 0 bridgehead atoms. The molecular formula is C37H28N4. The molecule has 0 amide bonds. The van der Waals surface area contributed by atoms with E-state index in [0.717, 1.165) is 56.5 Å². The molecule has 2 aliphatic rings. The summed E-state index contributed by atoms with van der Waals surface area (Å²) in [5, 5.41) is 0. The highest BCUT2D eigenvalue weighted by atomic mass is 15.1. The predicted octanol–water partition coefficient (Wildman–Crippen LogP) is 7.84. The van der Waals surface area contributed by atoms with Crippen LogP contribution in [0, 0.1) is 0 Å². The van der Waals surface area contributed by atoms with Crippen LogP contribution < -0.4 is 0 Å². The van der Waals surface area contributed by atoms with Crippen molar-refractivity contribution in [2.24, 2.45) is 20.0 Å². The Bertz CT molecular complexity index is 1800. The van der Waals surface area contributed by atoms with Gasteiger partial charge in [-0.05, 0) is 29.2 Å². The van der Waals surface area contributed by atoms with E-state index in [1.165, 1.54) is 0 Å². The van der Waals surface area contributed by atoms with Crippen molar-refractivity contribution in [3.05, 3.63) is 179 Å². The van der Waals surface area contributed by atoms with Gasteiger partial charge in [0, 0.05) is 11.1 Å². The van der Waals surface area contributed by atoms with E-state index in [1.54, 1.807) is 0 Å². The average Bonchev–Trinajstić information content (AvgIpc) is 3.66. The van der Waals surface area contributed by atoms with Gasteiger partial charge in [0.2, 0.25) is 0 Å². The van der Waals surface area contributed by atoms with Crippen molar-refractivity contribution < 1.29 is 0 Å². The molecule has 4 nitrogen and oxygen atoms in total. The molecule has 2 aliphatic heterocycles. The lowest BCUT2D eigenvalue weighted by Gasteiger charge is -2.24. The minimum atomic E-state index is -0.579. The summed E-state index contributed by atoms with van der Waals surface area (Å²) in [5.41, 5.74) is 7.67. The summed E-state index contributed by atoms with van der Waals surface area (Å²) in [6.07, 6.45) is 0. The van der Waals surface area contributed by atoms with Crippen LogP contribution in [0.15, 0.2) is 166 Å². The number of aliphatic imine (C=N–C) groups is 4. The maximum absolute atomic E-state index is 5.20. The zero-order valence-corrected chi connectivity index (χ0v) is 22.7. The number of hydrogen-bond acceptors (Lipinski definition) is 4. The molecule has 0 radical (unpaired) electrons. The molecule has 0 fully saturated rings. The summed E-state index contributed by atoms with van der Waals surface area (Å²) < 4.78 is 0. The molecule has 4 heteroatoms. The molecule has 0 spiro atoms. The molecule has 5 aromatic rings. The summed E-state index contributed by atoms with van der Waals surface area (Å²) in [5.74, 6) is 1.46. The van der Waals surface area contributed by atoms with Crippen LogP contribution in [0.5, 0.6) is 0 Å². The molecule has 7 rings (SSSR count). The summed E-state index contributed by atoms with van der Waals surface area (Å²) in [6.45, 7) is 2.15. The van der Waals surface area contributed by atoms with Gasteiger partial charge in [0.1, 0.15) is 11.6 Å². The standard InChI is InChI=1S/C37H28N4/c1-37(31-20-12-5-13-21-31)34(28-18-10-4-11-19-28)40-36(41-37)30-24-22-29(23-25-30)35-38-32(26-14-6-2-7-15-26)33(39-35)27-16-8-3-9-17-27/h2-25,32H,1H3. The maximum atomic E-state index is 5.20. The normalized spacial score (nSPS) is 19.8. The Labute approximate surface area is 240 Å². The summed E-state index contributed by atoms with van der Waals surface area (Å²) >= 11 is 0. The van der Waals surface area contributed by atoms with Crippen molar-refractivity contribution in [1.29, 1.82) is 0 Å². The first-order chi connectivity index (χ1) is 20.2. The molecule has 5 aromatic carbocycles. The Hall–Kier alpha value is -5.22. The molecule has 0 saturated heterocycles. The number of amidine groups is 2. The van der Waals surface area contributed by atoms with Crippen molar-refractivity contribution in [2.75, 3.05) is 0 Å². The lowest BCUT2D eigenvalue weighted by molar-refractivity contribution is 0.695. The van der Waals surface area contributed by atoms with Gasteiger partial charge in [-0.1, -0.05) is 146 Å². The molecule has 0 aliphatic carbocycles. The van der Waals surface area contributed by atoms with Crippen LogP contribution in [-0.4, -0.2) is 23.1 Å².